The summed E-state index contributed by atoms with van der Waals surface area (Å²) in [5, 5.41) is 7.94. The molecule has 7 nitrogen and oxygen atoms in total. The molecule has 7 heteroatoms. The van der Waals surface area contributed by atoms with Gasteiger partial charge in [0.15, 0.2) is 0 Å². The van der Waals surface area contributed by atoms with Crippen molar-refractivity contribution in [3.8, 4) is 0 Å². The minimum absolute atomic E-state index is 0.158. The highest BCUT2D eigenvalue weighted by molar-refractivity contribution is 5.47. The lowest BCUT2D eigenvalue weighted by atomic mass is 10.2. The number of pyridine rings is 1. The molecule has 3 aromatic heterocycles. The van der Waals surface area contributed by atoms with Crippen molar-refractivity contribution in [1.82, 2.24) is 24.5 Å². The van der Waals surface area contributed by atoms with Crippen LogP contribution in [0.2, 0.25) is 0 Å². The molecule has 0 amide bonds. The maximum atomic E-state index is 5.76. The fraction of sp³-hybridized carbons (Fsp3) is 0.400. The zero-order valence-corrected chi connectivity index (χ0v) is 12.3. The van der Waals surface area contributed by atoms with Crippen LogP contribution in [0.15, 0.2) is 35.1 Å². The molecule has 0 saturated carbocycles. The van der Waals surface area contributed by atoms with Crippen molar-refractivity contribution in [3.05, 3.63) is 48.1 Å². The third-order valence-corrected chi connectivity index (χ3v) is 3.86. The Labute approximate surface area is 127 Å². The van der Waals surface area contributed by atoms with Crippen LogP contribution in [-0.4, -0.2) is 44.2 Å². The van der Waals surface area contributed by atoms with Crippen molar-refractivity contribution in [2.45, 2.75) is 19.6 Å². The van der Waals surface area contributed by atoms with Crippen LogP contribution in [-0.2, 0) is 11.3 Å². The second kappa shape index (κ2) is 5.51. The third-order valence-electron chi connectivity index (χ3n) is 3.86. The van der Waals surface area contributed by atoms with Crippen LogP contribution in [0, 0.1) is 6.92 Å². The Balaban J connectivity index is 1.52. The van der Waals surface area contributed by atoms with Crippen LogP contribution in [0.25, 0.3) is 5.65 Å². The second-order valence-electron chi connectivity index (χ2n) is 5.45. The van der Waals surface area contributed by atoms with E-state index in [1.54, 1.807) is 6.92 Å². The summed E-state index contributed by atoms with van der Waals surface area (Å²) in [5.74, 6) is 1.12. The highest BCUT2D eigenvalue weighted by Crippen LogP contribution is 2.23. The van der Waals surface area contributed by atoms with E-state index >= 15 is 0 Å². The van der Waals surface area contributed by atoms with E-state index in [-0.39, 0.29) is 6.10 Å². The molecule has 3 aromatic rings. The van der Waals surface area contributed by atoms with Crippen molar-refractivity contribution < 1.29 is 9.15 Å². The number of nitrogens with zero attached hydrogens (tertiary/aromatic N) is 5. The highest BCUT2D eigenvalue weighted by Gasteiger charge is 2.26. The first-order valence-electron chi connectivity index (χ1n) is 7.34. The monoisotopic (exact) mass is 299 g/mol. The molecule has 0 N–H and O–H groups in total. The Hall–Kier alpha value is -2.25. The summed E-state index contributed by atoms with van der Waals surface area (Å²) < 4.78 is 13.3. The van der Waals surface area contributed by atoms with Crippen molar-refractivity contribution in [2.75, 3.05) is 19.7 Å². The molecule has 0 aromatic carbocycles. The molecule has 1 fully saturated rings. The van der Waals surface area contributed by atoms with E-state index in [1.165, 1.54) is 5.56 Å². The van der Waals surface area contributed by atoms with Gasteiger partial charge in [-0.2, -0.15) is 0 Å². The molecular formula is C15H17N5O2. The number of morpholine rings is 1. The number of aromatic nitrogens is 4. The van der Waals surface area contributed by atoms with Crippen molar-refractivity contribution in [2.24, 2.45) is 0 Å². The Morgan fingerprint density at radius 2 is 2.27 bits per heavy atom. The van der Waals surface area contributed by atoms with Gasteiger partial charge in [-0.3, -0.25) is 4.90 Å². The van der Waals surface area contributed by atoms with Gasteiger partial charge in [-0.15, -0.1) is 10.2 Å². The van der Waals surface area contributed by atoms with E-state index in [4.69, 9.17) is 9.15 Å². The van der Waals surface area contributed by atoms with E-state index < -0.39 is 0 Å². The van der Waals surface area contributed by atoms with Gasteiger partial charge in [-0.05, 0) is 6.07 Å². The summed E-state index contributed by atoms with van der Waals surface area (Å²) >= 11 is 0. The van der Waals surface area contributed by atoms with Crippen molar-refractivity contribution >= 4 is 5.65 Å². The quantitative estimate of drug-likeness (QED) is 0.731. The van der Waals surface area contributed by atoms with E-state index in [0.717, 1.165) is 25.3 Å². The van der Waals surface area contributed by atoms with Gasteiger partial charge in [0, 0.05) is 50.7 Å². The van der Waals surface area contributed by atoms with Crippen molar-refractivity contribution in [1.29, 1.82) is 0 Å². The molecule has 4 rings (SSSR count). The first-order valence-corrected chi connectivity index (χ1v) is 7.34. The Kier molecular flexibility index (Phi) is 3.36. The first kappa shape index (κ1) is 13.4. The minimum Gasteiger partial charge on any atom is -0.423 e. The lowest BCUT2D eigenvalue weighted by Crippen LogP contribution is -2.38. The molecule has 1 aliphatic heterocycles. The van der Waals surface area contributed by atoms with Crippen LogP contribution >= 0.6 is 0 Å². The molecule has 114 valence electrons. The summed E-state index contributed by atoms with van der Waals surface area (Å²) in [7, 11) is 0. The molecule has 0 bridgehead atoms. The molecule has 22 heavy (non-hydrogen) atoms. The summed E-state index contributed by atoms with van der Waals surface area (Å²) in [6, 6.07) is 4.16. The average molecular weight is 299 g/mol. The second-order valence-corrected chi connectivity index (χ2v) is 5.45. The van der Waals surface area contributed by atoms with Crippen LogP contribution in [0.3, 0.4) is 0 Å². The van der Waals surface area contributed by atoms with E-state index in [9.17, 15) is 0 Å². The van der Waals surface area contributed by atoms with Gasteiger partial charge < -0.3 is 13.6 Å². The van der Waals surface area contributed by atoms with E-state index in [0.29, 0.717) is 18.4 Å². The third kappa shape index (κ3) is 2.49. The molecular weight excluding hydrogens is 282 g/mol. The molecule has 0 aliphatic carbocycles. The number of rotatable bonds is 3. The van der Waals surface area contributed by atoms with Gasteiger partial charge in [0.1, 0.15) is 11.8 Å². The lowest BCUT2D eigenvalue weighted by molar-refractivity contribution is -0.0456. The van der Waals surface area contributed by atoms with Crippen LogP contribution in [0.1, 0.15) is 23.4 Å². The maximum Gasteiger partial charge on any atom is 0.246 e. The van der Waals surface area contributed by atoms with Crippen molar-refractivity contribution in [3.63, 3.8) is 0 Å². The van der Waals surface area contributed by atoms with Crippen LogP contribution < -0.4 is 0 Å². The predicted octanol–water partition coefficient (Wildman–Crippen LogP) is 1.60. The van der Waals surface area contributed by atoms with Gasteiger partial charge >= 0.3 is 0 Å². The normalized spacial score (nSPS) is 19.8. The standard InChI is InChI=1S/C15H17N5O2/c1-11-17-18-15(22-11)13-10-19(7-8-21-13)9-12-3-2-5-20-6-4-16-14(12)20/h2-6,13H,7-10H2,1H3. The van der Waals surface area contributed by atoms with Gasteiger partial charge in [0.2, 0.25) is 11.8 Å². The summed E-state index contributed by atoms with van der Waals surface area (Å²) in [4.78, 5) is 6.76. The minimum atomic E-state index is -0.158. The van der Waals surface area contributed by atoms with Gasteiger partial charge in [-0.1, -0.05) is 6.07 Å². The topological polar surface area (TPSA) is 68.7 Å². The summed E-state index contributed by atoms with van der Waals surface area (Å²) in [6.07, 6.45) is 5.63. The van der Waals surface area contributed by atoms with Gasteiger partial charge in [0.05, 0.1) is 6.61 Å². The summed E-state index contributed by atoms with van der Waals surface area (Å²) in [5.41, 5.74) is 2.20. The van der Waals surface area contributed by atoms with Crippen LogP contribution in [0.4, 0.5) is 0 Å². The SMILES string of the molecule is Cc1nnc(C2CN(Cc3cccn4ccnc34)CCO2)o1. The molecule has 1 atom stereocenters. The molecule has 0 radical (unpaired) electrons. The molecule has 1 saturated heterocycles. The molecule has 0 spiro atoms. The summed E-state index contributed by atoms with van der Waals surface area (Å²) in [6.45, 7) is 4.89. The fourth-order valence-electron chi connectivity index (χ4n) is 2.81. The largest absolute Gasteiger partial charge is 0.423 e. The molecule has 4 heterocycles. The Morgan fingerprint density at radius 3 is 3.14 bits per heavy atom. The first-order chi connectivity index (χ1) is 10.8. The molecule has 1 unspecified atom stereocenters. The number of hydrogen-bond acceptors (Lipinski definition) is 6. The van der Waals surface area contributed by atoms with Crippen LogP contribution in [0.5, 0.6) is 0 Å². The Bertz CT molecular complexity index is 781. The van der Waals surface area contributed by atoms with E-state index in [1.807, 2.05) is 29.1 Å². The van der Waals surface area contributed by atoms with Gasteiger partial charge in [-0.25, -0.2) is 4.98 Å². The highest BCUT2D eigenvalue weighted by atomic mass is 16.5. The zero-order chi connectivity index (χ0) is 14.9. The van der Waals surface area contributed by atoms with Gasteiger partial charge in [0.25, 0.3) is 0 Å². The number of aryl methyl sites for hydroxylation is 1. The maximum absolute atomic E-state index is 5.76. The number of fused-ring (bicyclic) bond motifs is 1. The molecule has 1 aliphatic rings. The number of imidazole rings is 1. The lowest BCUT2D eigenvalue weighted by Gasteiger charge is -2.31. The zero-order valence-electron chi connectivity index (χ0n) is 12.3. The average Bonchev–Trinajstić information content (AvgIpc) is 3.17. The predicted molar refractivity (Wildman–Crippen MR) is 78.2 cm³/mol. The number of ether oxygens (including phenoxy) is 1. The smallest absolute Gasteiger partial charge is 0.246 e. The Morgan fingerprint density at radius 1 is 1.32 bits per heavy atom. The number of hydrogen-bond donors (Lipinski definition) is 0. The fourth-order valence-corrected chi connectivity index (χ4v) is 2.81. The van der Waals surface area contributed by atoms with E-state index in [2.05, 4.69) is 26.1 Å².